The Kier molecular flexibility index (Phi) is 4.85. The molecule has 1 aromatic heterocycles. The minimum atomic E-state index is -0.856. The lowest BCUT2D eigenvalue weighted by molar-refractivity contribution is -0.125. The Morgan fingerprint density at radius 2 is 1.89 bits per heavy atom. The van der Waals surface area contributed by atoms with Crippen molar-refractivity contribution in [1.82, 2.24) is 4.98 Å². The lowest BCUT2D eigenvalue weighted by atomic mass is 9.98. The van der Waals surface area contributed by atoms with E-state index in [0.29, 0.717) is 23.4 Å². The normalized spacial score (nSPS) is 14.9. The van der Waals surface area contributed by atoms with Crippen molar-refractivity contribution >= 4 is 17.6 Å². The van der Waals surface area contributed by atoms with Crippen LogP contribution in [0.1, 0.15) is 27.2 Å². The number of anilines is 1. The third kappa shape index (κ3) is 3.92. The fourth-order valence-corrected chi connectivity index (χ4v) is 2.95. The molecule has 3 aromatic rings. The van der Waals surface area contributed by atoms with Gasteiger partial charge in [0.05, 0.1) is 5.56 Å². The van der Waals surface area contributed by atoms with E-state index in [1.807, 2.05) is 36.4 Å². The van der Waals surface area contributed by atoms with E-state index >= 15 is 0 Å². The standard InChI is InChI=1S/C23H16N2O3/c26-22(21-15-17-7-1-2-10-20(17)23(27)28-21)25-19-9-5-6-16(14-19)11-12-18-8-3-4-13-24-18/h1-10,13-14,21H,15H2,(H,25,26). The maximum atomic E-state index is 12.6. The van der Waals surface area contributed by atoms with E-state index in [4.69, 9.17) is 4.74 Å². The van der Waals surface area contributed by atoms with Gasteiger partial charge in [-0.25, -0.2) is 9.78 Å². The molecular weight excluding hydrogens is 352 g/mol. The summed E-state index contributed by atoms with van der Waals surface area (Å²) >= 11 is 0. The van der Waals surface area contributed by atoms with Gasteiger partial charge in [0.1, 0.15) is 5.69 Å². The number of ether oxygens (including phenoxy) is 1. The molecule has 0 bridgehead atoms. The Bertz CT molecular complexity index is 1100. The maximum Gasteiger partial charge on any atom is 0.339 e. The molecule has 0 aliphatic carbocycles. The third-order valence-electron chi connectivity index (χ3n) is 4.31. The molecule has 0 saturated carbocycles. The molecule has 28 heavy (non-hydrogen) atoms. The predicted octanol–water partition coefficient (Wildman–Crippen LogP) is 3.20. The Balaban J connectivity index is 1.47. The lowest BCUT2D eigenvalue weighted by Crippen LogP contribution is -2.37. The monoisotopic (exact) mass is 368 g/mol. The van der Waals surface area contributed by atoms with E-state index in [1.165, 1.54) is 0 Å². The second-order valence-electron chi connectivity index (χ2n) is 6.29. The van der Waals surface area contributed by atoms with Crippen LogP contribution in [0.25, 0.3) is 0 Å². The van der Waals surface area contributed by atoms with E-state index in [0.717, 1.165) is 11.1 Å². The molecule has 1 amide bonds. The number of benzene rings is 2. The Morgan fingerprint density at radius 1 is 1.04 bits per heavy atom. The van der Waals surface area contributed by atoms with Crippen LogP contribution in [0, 0.1) is 11.8 Å². The van der Waals surface area contributed by atoms with E-state index < -0.39 is 12.1 Å². The molecule has 2 aromatic carbocycles. The van der Waals surface area contributed by atoms with Crippen LogP contribution in [-0.4, -0.2) is 23.0 Å². The van der Waals surface area contributed by atoms with Crippen molar-refractivity contribution in [2.45, 2.75) is 12.5 Å². The van der Waals surface area contributed by atoms with Crippen molar-refractivity contribution in [3.05, 3.63) is 95.3 Å². The minimum Gasteiger partial charge on any atom is -0.448 e. The number of pyridine rings is 1. The number of amides is 1. The van der Waals surface area contributed by atoms with Gasteiger partial charge in [0.15, 0.2) is 6.10 Å². The molecular formula is C23H16N2O3. The quantitative estimate of drug-likeness (QED) is 0.557. The van der Waals surface area contributed by atoms with Gasteiger partial charge in [-0.3, -0.25) is 4.79 Å². The average molecular weight is 368 g/mol. The van der Waals surface area contributed by atoms with Gasteiger partial charge in [-0.15, -0.1) is 0 Å². The number of nitrogens with zero attached hydrogens (tertiary/aromatic N) is 1. The summed E-state index contributed by atoms with van der Waals surface area (Å²) in [6.07, 6.45) is 1.18. The predicted molar refractivity (Wildman–Crippen MR) is 105 cm³/mol. The number of cyclic esters (lactones) is 1. The van der Waals surface area contributed by atoms with Crippen LogP contribution in [0.15, 0.2) is 72.9 Å². The molecule has 0 fully saturated rings. The summed E-state index contributed by atoms with van der Waals surface area (Å²) in [4.78, 5) is 28.8. The van der Waals surface area contributed by atoms with Crippen molar-refractivity contribution in [2.24, 2.45) is 0 Å². The van der Waals surface area contributed by atoms with Crippen molar-refractivity contribution in [1.29, 1.82) is 0 Å². The molecule has 2 heterocycles. The fraction of sp³-hybridized carbons (Fsp3) is 0.0870. The fourth-order valence-electron chi connectivity index (χ4n) is 2.95. The summed E-state index contributed by atoms with van der Waals surface area (Å²) < 4.78 is 5.30. The Labute approximate surface area is 162 Å². The van der Waals surface area contributed by atoms with Crippen molar-refractivity contribution in [2.75, 3.05) is 5.32 Å². The summed E-state index contributed by atoms with van der Waals surface area (Å²) in [5.74, 6) is 5.17. The Hall–Kier alpha value is -3.91. The average Bonchev–Trinajstić information content (AvgIpc) is 2.73. The zero-order chi connectivity index (χ0) is 19.3. The molecule has 0 radical (unpaired) electrons. The second kappa shape index (κ2) is 7.77. The van der Waals surface area contributed by atoms with Crippen LogP contribution in [0.5, 0.6) is 0 Å². The molecule has 1 unspecified atom stereocenters. The van der Waals surface area contributed by atoms with E-state index in [2.05, 4.69) is 22.1 Å². The number of fused-ring (bicyclic) bond motifs is 1. The minimum absolute atomic E-state index is 0.354. The largest absolute Gasteiger partial charge is 0.448 e. The van der Waals surface area contributed by atoms with Crippen LogP contribution in [0.2, 0.25) is 0 Å². The van der Waals surface area contributed by atoms with E-state index in [-0.39, 0.29) is 5.91 Å². The number of carbonyl (C=O) groups excluding carboxylic acids is 2. The summed E-state index contributed by atoms with van der Waals surface area (Å²) in [7, 11) is 0. The zero-order valence-corrected chi connectivity index (χ0v) is 14.9. The number of esters is 1. The van der Waals surface area contributed by atoms with Crippen LogP contribution in [0.4, 0.5) is 5.69 Å². The third-order valence-corrected chi connectivity index (χ3v) is 4.31. The highest BCUT2D eigenvalue weighted by molar-refractivity contribution is 6.00. The van der Waals surface area contributed by atoms with E-state index in [9.17, 15) is 9.59 Å². The van der Waals surface area contributed by atoms with Crippen LogP contribution in [0.3, 0.4) is 0 Å². The highest BCUT2D eigenvalue weighted by Crippen LogP contribution is 2.21. The van der Waals surface area contributed by atoms with Crippen molar-refractivity contribution in [3.63, 3.8) is 0 Å². The van der Waals surface area contributed by atoms with Gasteiger partial charge in [0, 0.05) is 23.9 Å². The first kappa shape index (κ1) is 17.5. The van der Waals surface area contributed by atoms with E-state index in [1.54, 1.807) is 36.5 Å². The summed E-state index contributed by atoms with van der Waals surface area (Å²) in [5, 5.41) is 2.80. The van der Waals surface area contributed by atoms with Gasteiger partial charge in [-0.05, 0) is 47.9 Å². The smallest absolute Gasteiger partial charge is 0.339 e. The first-order valence-corrected chi connectivity index (χ1v) is 8.82. The van der Waals surface area contributed by atoms with Crippen LogP contribution in [-0.2, 0) is 16.0 Å². The molecule has 136 valence electrons. The lowest BCUT2D eigenvalue weighted by Gasteiger charge is -2.23. The number of aromatic nitrogens is 1. The first-order valence-electron chi connectivity index (χ1n) is 8.82. The highest BCUT2D eigenvalue weighted by Gasteiger charge is 2.31. The van der Waals surface area contributed by atoms with Gasteiger partial charge in [0.25, 0.3) is 5.91 Å². The van der Waals surface area contributed by atoms with Gasteiger partial charge in [-0.2, -0.15) is 0 Å². The molecule has 1 aliphatic heterocycles. The summed E-state index contributed by atoms with van der Waals surface area (Å²) in [6.45, 7) is 0. The van der Waals surface area contributed by atoms with Crippen LogP contribution >= 0.6 is 0 Å². The SMILES string of the molecule is O=C1OC(C(=O)Nc2cccc(C#Cc3ccccn3)c2)Cc2ccccc21. The summed E-state index contributed by atoms with van der Waals surface area (Å²) in [5.41, 5.74) is 3.33. The van der Waals surface area contributed by atoms with Gasteiger partial charge in [0.2, 0.25) is 0 Å². The number of hydrogen-bond acceptors (Lipinski definition) is 4. The number of rotatable bonds is 2. The van der Waals surface area contributed by atoms with Crippen molar-refractivity contribution in [3.8, 4) is 11.8 Å². The second-order valence-corrected chi connectivity index (χ2v) is 6.29. The molecule has 0 spiro atoms. The molecule has 4 rings (SSSR count). The molecule has 0 saturated heterocycles. The molecule has 1 aliphatic rings. The van der Waals surface area contributed by atoms with Gasteiger partial charge in [-0.1, -0.05) is 36.3 Å². The van der Waals surface area contributed by atoms with Crippen LogP contribution < -0.4 is 5.32 Å². The first-order chi connectivity index (χ1) is 13.7. The van der Waals surface area contributed by atoms with Gasteiger partial charge < -0.3 is 10.1 Å². The highest BCUT2D eigenvalue weighted by atomic mass is 16.5. The number of hydrogen-bond donors (Lipinski definition) is 1. The maximum absolute atomic E-state index is 12.6. The number of carbonyl (C=O) groups is 2. The topological polar surface area (TPSA) is 68.3 Å². The summed E-state index contributed by atoms with van der Waals surface area (Å²) in [6, 6.07) is 19.9. The molecule has 5 nitrogen and oxygen atoms in total. The number of nitrogens with one attached hydrogen (secondary N) is 1. The molecule has 1 atom stereocenters. The molecule has 5 heteroatoms. The van der Waals surface area contributed by atoms with Gasteiger partial charge >= 0.3 is 5.97 Å². The Morgan fingerprint density at radius 3 is 2.75 bits per heavy atom. The van der Waals surface area contributed by atoms with Crippen molar-refractivity contribution < 1.29 is 14.3 Å². The zero-order valence-electron chi connectivity index (χ0n) is 14.9. The molecule has 1 N–H and O–H groups in total.